The quantitative estimate of drug-likeness (QED) is 0.368. The summed E-state index contributed by atoms with van der Waals surface area (Å²) in [7, 11) is 0. The highest BCUT2D eigenvalue weighted by atomic mass is 16.3. The van der Waals surface area contributed by atoms with E-state index < -0.39 is 6.23 Å². The molecular weight excluding hydrogens is 158 g/mol. The molecule has 0 spiro atoms. The van der Waals surface area contributed by atoms with Gasteiger partial charge in [-0.05, 0) is 6.07 Å². The van der Waals surface area contributed by atoms with E-state index in [9.17, 15) is 5.11 Å². The number of benzene rings is 1. The van der Waals surface area contributed by atoms with Crippen LogP contribution in [0.2, 0.25) is 0 Å². The van der Waals surface area contributed by atoms with Crippen LogP contribution in [0, 0.1) is 0 Å². The molecule has 0 aromatic heterocycles. The van der Waals surface area contributed by atoms with Crippen molar-refractivity contribution in [3.63, 3.8) is 0 Å². The van der Waals surface area contributed by atoms with Crippen LogP contribution in [0.1, 0.15) is 5.56 Å². The van der Waals surface area contributed by atoms with Gasteiger partial charge in [0, 0.05) is 12.0 Å². The first-order valence-corrected chi connectivity index (χ1v) is 3.54. The molecule has 0 bridgehead atoms. The van der Waals surface area contributed by atoms with E-state index in [0.717, 1.165) is 0 Å². The normalized spacial score (nSPS) is 12.8. The van der Waals surface area contributed by atoms with Crippen LogP contribution in [0.15, 0.2) is 18.2 Å². The number of phenolic OH excluding ortho intramolecular Hbond substituents is 2. The topological polar surface area (TPSA) is 86.7 Å². The minimum atomic E-state index is -1.02. The molecule has 4 heteroatoms. The molecule has 0 aliphatic carbocycles. The van der Waals surface area contributed by atoms with Crippen molar-refractivity contribution < 1.29 is 15.3 Å². The second-order valence-corrected chi connectivity index (χ2v) is 2.56. The van der Waals surface area contributed by atoms with Crippen molar-refractivity contribution in [1.29, 1.82) is 0 Å². The number of hydrogen-bond donors (Lipinski definition) is 4. The van der Waals surface area contributed by atoms with Gasteiger partial charge in [0.1, 0.15) is 6.23 Å². The molecule has 4 nitrogen and oxygen atoms in total. The van der Waals surface area contributed by atoms with E-state index >= 15 is 0 Å². The fourth-order valence-corrected chi connectivity index (χ4v) is 0.968. The number of aliphatic hydroxyl groups excluding tert-OH is 1. The molecule has 5 N–H and O–H groups in total. The zero-order valence-corrected chi connectivity index (χ0v) is 6.44. The second kappa shape index (κ2) is 3.42. The van der Waals surface area contributed by atoms with Crippen molar-refractivity contribution in [2.45, 2.75) is 12.6 Å². The molecule has 0 saturated carbocycles. The highest BCUT2D eigenvalue weighted by Crippen LogP contribution is 2.28. The van der Waals surface area contributed by atoms with Gasteiger partial charge in [0.05, 0.1) is 0 Å². The fourth-order valence-electron chi connectivity index (χ4n) is 0.968. The SMILES string of the molecule is NC(O)Cc1cccc(O)c1O. The molecule has 0 radical (unpaired) electrons. The van der Waals surface area contributed by atoms with Gasteiger partial charge in [-0.1, -0.05) is 12.1 Å². The Morgan fingerprint density at radius 3 is 2.58 bits per heavy atom. The Hall–Kier alpha value is -1.26. The van der Waals surface area contributed by atoms with Gasteiger partial charge in [-0.25, -0.2) is 0 Å². The first-order valence-electron chi connectivity index (χ1n) is 3.54. The summed E-state index contributed by atoms with van der Waals surface area (Å²) in [5.74, 6) is -0.421. The molecule has 1 aromatic carbocycles. The Labute approximate surface area is 69.9 Å². The number of phenols is 2. The van der Waals surface area contributed by atoms with Crippen LogP contribution in [0.25, 0.3) is 0 Å². The average Bonchev–Trinajstić information content (AvgIpc) is 1.98. The van der Waals surface area contributed by atoms with Crippen molar-refractivity contribution in [2.75, 3.05) is 0 Å². The minimum Gasteiger partial charge on any atom is -0.504 e. The molecule has 0 amide bonds. The van der Waals surface area contributed by atoms with Gasteiger partial charge in [-0.15, -0.1) is 0 Å². The molecule has 0 heterocycles. The van der Waals surface area contributed by atoms with Crippen molar-refractivity contribution >= 4 is 0 Å². The maximum absolute atomic E-state index is 9.23. The largest absolute Gasteiger partial charge is 0.504 e. The van der Waals surface area contributed by atoms with Gasteiger partial charge in [0.15, 0.2) is 11.5 Å². The molecule has 1 atom stereocenters. The van der Waals surface area contributed by atoms with Crippen LogP contribution in [0.3, 0.4) is 0 Å². The van der Waals surface area contributed by atoms with E-state index in [-0.39, 0.29) is 17.9 Å². The average molecular weight is 169 g/mol. The Morgan fingerprint density at radius 1 is 1.33 bits per heavy atom. The predicted octanol–water partition coefficient (Wildman–Crippen LogP) is -0.0826. The van der Waals surface area contributed by atoms with E-state index in [1.165, 1.54) is 6.07 Å². The van der Waals surface area contributed by atoms with E-state index in [0.29, 0.717) is 5.56 Å². The van der Waals surface area contributed by atoms with Gasteiger partial charge in [-0.3, -0.25) is 0 Å². The first-order chi connectivity index (χ1) is 5.61. The molecule has 0 fully saturated rings. The lowest BCUT2D eigenvalue weighted by Crippen LogP contribution is -2.21. The van der Waals surface area contributed by atoms with E-state index in [2.05, 4.69) is 0 Å². The molecule has 0 aliphatic rings. The molecule has 12 heavy (non-hydrogen) atoms. The fraction of sp³-hybridized carbons (Fsp3) is 0.250. The third-order valence-electron chi connectivity index (χ3n) is 1.53. The number of aromatic hydroxyl groups is 2. The van der Waals surface area contributed by atoms with Crippen molar-refractivity contribution in [3.8, 4) is 11.5 Å². The van der Waals surface area contributed by atoms with Crippen LogP contribution in [-0.4, -0.2) is 21.5 Å². The molecule has 0 saturated heterocycles. The highest BCUT2D eigenvalue weighted by molar-refractivity contribution is 5.44. The standard InChI is InChI=1S/C8H11NO3/c9-7(11)4-5-2-1-3-6(10)8(5)12/h1-3,7,10-12H,4,9H2. The zero-order chi connectivity index (χ0) is 9.14. The number of para-hydroxylation sites is 1. The number of rotatable bonds is 2. The Balaban J connectivity index is 2.92. The lowest BCUT2D eigenvalue weighted by atomic mass is 10.1. The molecule has 1 rings (SSSR count). The Morgan fingerprint density at radius 2 is 2.00 bits per heavy atom. The molecule has 66 valence electrons. The summed E-state index contributed by atoms with van der Waals surface area (Å²) in [6.07, 6.45) is -0.891. The summed E-state index contributed by atoms with van der Waals surface area (Å²) in [5, 5.41) is 27.1. The van der Waals surface area contributed by atoms with Crippen LogP contribution < -0.4 is 5.73 Å². The van der Waals surface area contributed by atoms with Crippen LogP contribution in [0.5, 0.6) is 11.5 Å². The molecule has 0 aliphatic heterocycles. The monoisotopic (exact) mass is 169 g/mol. The van der Waals surface area contributed by atoms with Gasteiger partial charge < -0.3 is 21.1 Å². The predicted molar refractivity (Wildman–Crippen MR) is 43.7 cm³/mol. The van der Waals surface area contributed by atoms with Crippen molar-refractivity contribution in [3.05, 3.63) is 23.8 Å². The maximum Gasteiger partial charge on any atom is 0.160 e. The highest BCUT2D eigenvalue weighted by Gasteiger charge is 2.07. The van der Waals surface area contributed by atoms with E-state index in [1.807, 2.05) is 0 Å². The summed E-state index contributed by atoms with van der Waals surface area (Å²) < 4.78 is 0. The first kappa shape index (κ1) is 8.83. The lowest BCUT2D eigenvalue weighted by molar-refractivity contribution is 0.181. The number of hydrogen-bond acceptors (Lipinski definition) is 4. The van der Waals surface area contributed by atoms with Crippen molar-refractivity contribution in [2.24, 2.45) is 5.73 Å². The van der Waals surface area contributed by atoms with Crippen LogP contribution in [0.4, 0.5) is 0 Å². The zero-order valence-electron chi connectivity index (χ0n) is 6.44. The van der Waals surface area contributed by atoms with Gasteiger partial charge in [0.2, 0.25) is 0 Å². The number of aliphatic hydroxyl groups is 1. The Bertz CT molecular complexity index is 273. The third-order valence-corrected chi connectivity index (χ3v) is 1.53. The second-order valence-electron chi connectivity index (χ2n) is 2.56. The molecular formula is C8H11NO3. The van der Waals surface area contributed by atoms with Gasteiger partial charge in [0.25, 0.3) is 0 Å². The summed E-state index contributed by atoms with van der Waals surface area (Å²) in [5.41, 5.74) is 5.54. The van der Waals surface area contributed by atoms with E-state index in [4.69, 9.17) is 15.9 Å². The van der Waals surface area contributed by atoms with Gasteiger partial charge >= 0.3 is 0 Å². The van der Waals surface area contributed by atoms with Crippen LogP contribution >= 0.6 is 0 Å². The number of nitrogens with two attached hydrogens (primary N) is 1. The third kappa shape index (κ3) is 1.87. The van der Waals surface area contributed by atoms with Gasteiger partial charge in [-0.2, -0.15) is 0 Å². The minimum absolute atomic E-state index is 0.125. The van der Waals surface area contributed by atoms with Crippen molar-refractivity contribution in [1.82, 2.24) is 0 Å². The smallest absolute Gasteiger partial charge is 0.160 e. The summed E-state index contributed by atoms with van der Waals surface area (Å²) >= 11 is 0. The summed E-state index contributed by atoms with van der Waals surface area (Å²) in [6, 6.07) is 4.53. The van der Waals surface area contributed by atoms with Crippen LogP contribution in [-0.2, 0) is 6.42 Å². The molecule has 1 unspecified atom stereocenters. The maximum atomic E-state index is 9.23. The lowest BCUT2D eigenvalue weighted by Gasteiger charge is -2.07. The van der Waals surface area contributed by atoms with E-state index in [1.54, 1.807) is 12.1 Å². The summed E-state index contributed by atoms with van der Waals surface area (Å²) in [6.45, 7) is 0. The Kier molecular flexibility index (Phi) is 2.52. The molecule has 1 aromatic rings. The summed E-state index contributed by atoms with van der Waals surface area (Å²) in [4.78, 5) is 0.